The predicted molar refractivity (Wildman–Crippen MR) is 101 cm³/mol. The van der Waals surface area contributed by atoms with Gasteiger partial charge >= 0.3 is 11.9 Å². The van der Waals surface area contributed by atoms with Crippen LogP contribution < -0.4 is 0 Å². The molecule has 1 N–H and O–H groups in total. The number of carboxylic acids is 1. The third kappa shape index (κ3) is 5.71. The quantitative estimate of drug-likeness (QED) is 0.715. The molecule has 1 unspecified atom stereocenters. The van der Waals surface area contributed by atoms with Crippen LogP contribution in [0.5, 0.6) is 0 Å². The lowest BCUT2D eigenvalue weighted by Crippen LogP contribution is -2.43. The Morgan fingerprint density at radius 1 is 1.30 bits per heavy atom. The van der Waals surface area contributed by atoms with Gasteiger partial charge in [0.25, 0.3) is 0 Å². The maximum absolute atomic E-state index is 12.6. The van der Waals surface area contributed by atoms with Crippen LogP contribution in [0, 0.1) is 5.92 Å². The molecule has 7 nitrogen and oxygen atoms in total. The van der Waals surface area contributed by atoms with Crippen molar-refractivity contribution in [2.24, 2.45) is 5.92 Å². The van der Waals surface area contributed by atoms with E-state index in [-0.39, 0.29) is 29.7 Å². The Morgan fingerprint density at radius 2 is 1.93 bits per heavy atom. The Morgan fingerprint density at radius 3 is 2.48 bits per heavy atom. The van der Waals surface area contributed by atoms with Crippen molar-refractivity contribution >= 4 is 46.3 Å². The lowest BCUT2D eigenvalue weighted by atomic mass is 10.1. The first-order chi connectivity index (χ1) is 12.7. The van der Waals surface area contributed by atoms with Crippen LogP contribution in [0.3, 0.4) is 0 Å². The van der Waals surface area contributed by atoms with Crippen LogP contribution in [0.4, 0.5) is 0 Å². The van der Waals surface area contributed by atoms with Crippen molar-refractivity contribution in [2.45, 2.75) is 32.4 Å². The van der Waals surface area contributed by atoms with E-state index in [0.29, 0.717) is 10.6 Å². The van der Waals surface area contributed by atoms with Crippen LogP contribution in [-0.2, 0) is 19.1 Å². The van der Waals surface area contributed by atoms with Gasteiger partial charge in [0.2, 0.25) is 5.91 Å². The lowest BCUT2D eigenvalue weighted by molar-refractivity contribution is -0.149. The molecule has 1 aromatic carbocycles. The SMILES string of the molecule is CC(=O)SCC(C)C(=O)N1C[C@@H](OC(=O)c2ccc(Cl)cc2)C[C@H]1C(=O)O. The third-order valence-corrected chi connectivity index (χ3v) is 5.47. The fourth-order valence-corrected chi connectivity index (χ4v) is 3.52. The van der Waals surface area contributed by atoms with Gasteiger partial charge in [0.1, 0.15) is 12.1 Å². The normalized spacial score (nSPS) is 20.2. The predicted octanol–water partition coefficient (Wildman–Crippen LogP) is 2.47. The molecule has 0 radical (unpaired) electrons. The first-order valence-electron chi connectivity index (χ1n) is 8.32. The molecule has 1 saturated heterocycles. The second-order valence-electron chi connectivity index (χ2n) is 6.32. The van der Waals surface area contributed by atoms with Gasteiger partial charge in [0.05, 0.1) is 12.1 Å². The first kappa shape index (κ1) is 21.2. The molecule has 0 aromatic heterocycles. The van der Waals surface area contributed by atoms with E-state index in [9.17, 15) is 24.3 Å². The smallest absolute Gasteiger partial charge is 0.338 e. The van der Waals surface area contributed by atoms with Crippen molar-refractivity contribution in [3.05, 3.63) is 34.9 Å². The van der Waals surface area contributed by atoms with Gasteiger partial charge in [0.15, 0.2) is 5.12 Å². The molecular formula is C18H20ClNO6S. The number of hydrogen-bond donors (Lipinski definition) is 1. The number of thioether (sulfide) groups is 1. The average Bonchev–Trinajstić information content (AvgIpc) is 3.03. The minimum atomic E-state index is -1.15. The van der Waals surface area contributed by atoms with E-state index in [4.69, 9.17) is 16.3 Å². The zero-order valence-electron chi connectivity index (χ0n) is 14.9. The van der Waals surface area contributed by atoms with Gasteiger partial charge in [-0.3, -0.25) is 9.59 Å². The van der Waals surface area contributed by atoms with Gasteiger partial charge in [-0.1, -0.05) is 30.3 Å². The Hall–Kier alpha value is -2.06. The van der Waals surface area contributed by atoms with E-state index in [2.05, 4.69) is 0 Å². The molecule has 1 amide bonds. The number of ether oxygens (including phenoxy) is 1. The number of hydrogen-bond acceptors (Lipinski definition) is 6. The minimum Gasteiger partial charge on any atom is -0.480 e. The van der Waals surface area contributed by atoms with Gasteiger partial charge in [-0.2, -0.15) is 0 Å². The van der Waals surface area contributed by atoms with Crippen LogP contribution in [-0.4, -0.2) is 57.4 Å². The van der Waals surface area contributed by atoms with Crippen LogP contribution in [0.1, 0.15) is 30.6 Å². The van der Waals surface area contributed by atoms with Gasteiger partial charge in [-0.15, -0.1) is 0 Å². The standard InChI is InChI=1S/C18H20ClNO6S/c1-10(9-27-11(2)21)16(22)20-8-14(7-15(20)17(23)24)26-18(25)12-3-5-13(19)6-4-12/h3-6,10,14-15H,7-9H2,1-2H3,(H,23,24)/t10?,14-,15-/m0/s1. The number of aliphatic carboxylic acids is 1. The van der Waals surface area contributed by atoms with Crippen molar-refractivity contribution in [2.75, 3.05) is 12.3 Å². The number of halogens is 1. The van der Waals surface area contributed by atoms with Gasteiger partial charge in [-0.05, 0) is 24.3 Å². The number of carbonyl (C=O) groups is 4. The largest absolute Gasteiger partial charge is 0.480 e. The maximum atomic E-state index is 12.6. The van der Waals surface area contributed by atoms with Crippen molar-refractivity contribution in [3.63, 3.8) is 0 Å². The summed E-state index contributed by atoms with van der Waals surface area (Å²) in [6, 6.07) is 5.07. The number of amides is 1. The summed E-state index contributed by atoms with van der Waals surface area (Å²) in [7, 11) is 0. The van der Waals surface area contributed by atoms with Crippen LogP contribution in [0.2, 0.25) is 5.02 Å². The highest BCUT2D eigenvalue weighted by Gasteiger charge is 2.42. The number of rotatable bonds is 6. The van der Waals surface area contributed by atoms with E-state index < -0.39 is 30.0 Å². The summed E-state index contributed by atoms with van der Waals surface area (Å²) >= 11 is 6.80. The Bertz CT molecular complexity index is 738. The van der Waals surface area contributed by atoms with Crippen molar-refractivity contribution in [3.8, 4) is 0 Å². The molecule has 0 aliphatic carbocycles. The van der Waals surface area contributed by atoms with Crippen LogP contribution in [0.25, 0.3) is 0 Å². The molecule has 0 bridgehead atoms. The number of carboxylic acid groups (broad SMARTS) is 1. The van der Waals surface area contributed by atoms with E-state index in [1.54, 1.807) is 19.1 Å². The summed E-state index contributed by atoms with van der Waals surface area (Å²) < 4.78 is 5.38. The third-order valence-electron chi connectivity index (χ3n) is 4.14. The highest BCUT2D eigenvalue weighted by molar-refractivity contribution is 8.13. The second kappa shape index (κ2) is 9.23. The second-order valence-corrected chi connectivity index (χ2v) is 7.95. The molecule has 3 atom stereocenters. The zero-order chi connectivity index (χ0) is 20.1. The molecule has 1 aliphatic rings. The van der Waals surface area contributed by atoms with Gasteiger partial charge in [-0.25, -0.2) is 9.59 Å². The Labute approximate surface area is 166 Å². The minimum absolute atomic E-state index is 0.00417. The average molecular weight is 414 g/mol. The van der Waals surface area contributed by atoms with E-state index in [1.807, 2.05) is 0 Å². The molecule has 146 valence electrons. The number of esters is 1. The molecule has 0 saturated carbocycles. The highest BCUT2D eigenvalue weighted by Crippen LogP contribution is 2.25. The molecule has 0 spiro atoms. The van der Waals surface area contributed by atoms with E-state index in [1.165, 1.54) is 24.0 Å². The lowest BCUT2D eigenvalue weighted by Gasteiger charge is -2.24. The maximum Gasteiger partial charge on any atom is 0.338 e. The molecule has 1 fully saturated rings. The van der Waals surface area contributed by atoms with Crippen molar-refractivity contribution < 1.29 is 29.0 Å². The topological polar surface area (TPSA) is 101 Å². The molecule has 27 heavy (non-hydrogen) atoms. The van der Waals surface area contributed by atoms with E-state index in [0.717, 1.165) is 11.8 Å². The van der Waals surface area contributed by atoms with E-state index >= 15 is 0 Å². The molecule has 9 heteroatoms. The van der Waals surface area contributed by atoms with Crippen LogP contribution >= 0.6 is 23.4 Å². The molecule has 2 rings (SSSR count). The summed E-state index contributed by atoms with van der Waals surface area (Å²) in [5, 5.41) is 9.79. The summed E-state index contributed by atoms with van der Waals surface area (Å²) in [4.78, 5) is 48.6. The Balaban J connectivity index is 2.03. The Kier molecular flexibility index (Phi) is 7.26. The number of carbonyl (C=O) groups excluding carboxylic acids is 3. The number of likely N-dealkylation sites (tertiary alicyclic amines) is 1. The molecule has 1 heterocycles. The summed E-state index contributed by atoms with van der Waals surface area (Å²) in [5.41, 5.74) is 0.294. The first-order valence-corrected chi connectivity index (χ1v) is 9.68. The molecule has 1 aromatic rings. The van der Waals surface area contributed by atoms with Gasteiger partial charge < -0.3 is 14.7 Å². The molecule has 1 aliphatic heterocycles. The monoisotopic (exact) mass is 413 g/mol. The van der Waals surface area contributed by atoms with Crippen molar-refractivity contribution in [1.82, 2.24) is 4.90 Å². The highest BCUT2D eigenvalue weighted by atomic mass is 35.5. The fraction of sp³-hybridized carbons (Fsp3) is 0.444. The van der Waals surface area contributed by atoms with Gasteiger partial charge in [0, 0.05) is 30.0 Å². The summed E-state index contributed by atoms with van der Waals surface area (Å²) in [5.74, 6) is -2.38. The van der Waals surface area contributed by atoms with Crippen LogP contribution in [0.15, 0.2) is 24.3 Å². The number of benzene rings is 1. The molecular weight excluding hydrogens is 394 g/mol. The zero-order valence-corrected chi connectivity index (χ0v) is 16.5. The van der Waals surface area contributed by atoms with Crippen molar-refractivity contribution in [1.29, 1.82) is 0 Å². The summed E-state index contributed by atoms with van der Waals surface area (Å²) in [6.45, 7) is 3.05. The number of nitrogens with zero attached hydrogens (tertiary/aromatic N) is 1. The summed E-state index contributed by atoms with van der Waals surface area (Å²) in [6.07, 6.45) is -0.696. The fourth-order valence-electron chi connectivity index (χ4n) is 2.76.